The number of likely N-dealkylation sites (N-methyl/N-ethyl adjacent to an activating group) is 1. The van der Waals surface area contributed by atoms with Crippen LogP contribution in [0.4, 0.5) is 0 Å². The highest BCUT2D eigenvalue weighted by Gasteiger charge is 2.29. The fourth-order valence-electron chi connectivity index (χ4n) is 2.72. The van der Waals surface area contributed by atoms with E-state index < -0.39 is 0 Å². The summed E-state index contributed by atoms with van der Waals surface area (Å²) in [6, 6.07) is 12.8. The number of methoxy groups -OCH3 is 1. The van der Waals surface area contributed by atoms with Crippen molar-refractivity contribution in [1.29, 1.82) is 0 Å². The molecule has 7 heteroatoms. The number of ether oxygens (including phenoxy) is 2. The molecule has 2 aromatic carbocycles. The minimum Gasteiger partial charge on any atom is -0.496 e. The molecular formula is C20H19ClN2O3S. The second kappa shape index (κ2) is 8.41. The monoisotopic (exact) mass is 402 g/mol. The Morgan fingerprint density at radius 2 is 1.96 bits per heavy atom. The number of carbonyl (C=O) groups is 1. The Labute approximate surface area is 168 Å². The molecule has 0 saturated carbocycles. The first-order valence-electron chi connectivity index (χ1n) is 8.41. The molecule has 1 heterocycles. The number of carbonyl (C=O) groups excluding carboxylic acids is 1. The SMILES string of the molecule is CCN1C(=O)/C(=C\c2ccc(OC)c(COc3ccc(Cl)cc3)c2)NC1=S. The van der Waals surface area contributed by atoms with Gasteiger partial charge in [0.25, 0.3) is 5.91 Å². The van der Waals surface area contributed by atoms with Gasteiger partial charge in [-0.2, -0.15) is 0 Å². The summed E-state index contributed by atoms with van der Waals surface area (Å²) in [6.45, 7) is 2.74. The minimum atomic E-state index is -0.128. The first-order valence-corrected chi connectivity index (χ1v) is 9.20. The fraction of sp³-hybridized carbons (Fsp3) is 0.200. The zero-order chi connectivity index (χ0) is 19.4. The molecule has 0 aliphatic carbocycles. The van der Waals surface area contributed by atoms with E-state index in [0.717, 1.165) is 11.1 Å². The third-order valence-corrected chi connectivity index (χ3v) is 4.68. The summed E-state index contributed by atoms with van der Waals surface area (Å²) < 4.78 is 11.2. The Bertz CT molecular complexity index is 897. The van der Waals surface area contributed by atoms with Crippen molar-refractivity contribution in [1.82, 2.24) is 10.2 Å². The van der Waals surface area contributed by atoms with Gasteiger partial charge in [0.1, 0.15) is 23.8 Å². The van der Waals surface area contributed by atoms with E-state index in [9.17, 15) is 4.79 Å². The standard InChI is InChI=1S/C20H19ClN2O3S/c1-3-23-19(24)17(22-20(23)27)11-13-4-9-18(25-2)14(10-13)12-26-16-7-5-15(21)6-8-16/h4-11H,3,12H2,1-2H3,(H,22,27)/b17-11+. The number of nitrogens with zero attached hydrogens (tertiary/aromatic N) is 1. The van der Waals surface area contributed by atoms with Crippen LogP contribution in [-0.4, -0.2) is 29.6 Å². The number of benzene rings is 2. The maximum atomic E-state index is 12.3. The summed E-state index contributed by atoms with van der Waals surface area (Å²) >= 11 is 11.1. The van der Waals surface area contributed by atoms with Gasteiger partial charge in [0.15, 0.2) is 5.11 Å². The maximum absolute atomic E-state index is 12.3. The zero-order valence-electron chi connectivity index (χ0n) is 15.0. The molecule has 0 aromatic heterocycles. The Morgan fingerprint density at radius 3 is 2.59 bits per heavy atom. The Hall–Kier alpha value is -2.57. The molecule has 1 fully saturated rings. The highest BCUT2D eigenvalue weighted by molar-refractivity contribution is 7.80. The van der Waals surface area contributed by atoms with Crippen LogP contribution in [0, 0.1) is 0 Å². The van der Waals surface area contributed by atoms with Gasteiger partial charge in [-0.3, -0.25) is 9.69 Å². The van der Waals surface area contributed by atoms with Crippen LogP contribution in [-0.2, 0) is 11.4 Å². The van der Waals surface area contributed by atoms with Gasteiger partial charge >= 0.3 is 0 Å². The zero-order valence-corrected chi connectivity index (χ0v) is 16.6. The predicted molar refractivity (Wildman–Crippen MR) is 110 cm³/mol. The van der Waals surface area contributed by atoms with E-state index in [2.05, 4.69) is 5.32 Å². The van der Waals surface area contributed by atoms with E-state index in [4.69, 9.17) is 33.3 Å². The van der Waals surface area contributed by atoms with Crippen molar-refractivity contribution >= 4 is 40.9 Å². The Balaban J connectivity index is 1.81. The number of hydrogen-bond acceptors (Lipinski definition) is 4. The second-order valence-electron chi connectivity index (χ2n) is 5.85. The summed E-state index contributed by atoms with van der Waals surface area (Å²) in [5, 5.41) is 4.04. The van der Waals surface area contributed by atoms with Crippen molar-refractivity contribution in [3.05, 3.63) is 64.3 Å². The molecule has 1 N–H and O–H groups in total. The quantitative estimate of drug-likeness (QED) is 0.584. The molecule has 1 saturated heterocycles. The number of amides is 1. The van der Waals surface area contributed by atoms with Crippen LogP contribution in [0.25, 0.3) is 6.08 Å². The molecule has 1 amide bonds. The van der Waals surface area contributed by atoms with Crippen LogP contribution in [0.5, 0.6) is 11.5 Å². The first-order chi connectivity index (χ1) is 13.0. The van der Waals surface area contributed by atoms with Crippen molar-refractivity contribution in [2.75, 3.05) is 13.7 Å². The molecule has 0 unspecified atom stereocenters. The average Bonchev–Trinajstić information content (AvgIpc) is 2.94. The molecule has 0 spiro atoms. The van der Waals surface area contributed by atoms with Gasteiger partial charge in [-0.25, -0.2) is 0 Å². The van der Waals surface area contributed by atoms with Crippen LogP contribution in [0.1, 0.15) is 18.1 Å². The average molecular weight is 403 g/mol. The summed E-state index contributed by atoms with van der Waals surface area (Å²) in [7, 11) is 1.61. The van der Waals surface area contributed by atoms with Gasteiger partial charge in [-0.1, -0.05) is 17.7 Å². The van der Waals surface area contributed by atoms with E-state index in [1.165, 1.54) is 4.90 Å². The summed E-state index contributed by atoms with van der Waals surface area (Å²) in [4.78, 5) is 13.9. The fourth-order valence-corrected chi connectivity index (χ4v) is 3.17. The van der Waals surface area contributed by atoms with E-state index in [0.29, 0.717) is 40.5 Å². The largest absolute Gasteiger partial charge is 0.496 e. The minimum absolute atomic E-state index is 0.128. The number of halogens is 1. The summed E-state index contributed by atoms with van der Waals surface area (Å²) in [5.41, 5.74) is 2.17. The van der Waals surface area contributed by atoms with Crippen LogP contribution >= 0.6 is 23.8 Å². The Morgan fingerprint density at radius 1 is 1.22 bits per heavy atom. The molecule has 3 rings (SSSR count). The number of nitrogens with one attached hydrogen (secondary N) is 1. The van der Waals surface area contributed by atoms with Gasteiger partial charge in [0, 0.05) is 17.1 Å². The molecule has 0 radical (unpaired) electrons. The topological polar surface area (TPSA) is 50.8 Å². The molecule has 0 bridgehead atoms. The van der Waals surface area contributed by atoms with Gasteiger partial charge in [0.05, 0.1) is 7.11 Å². The Kier molecular flexibility index (Phi) is 5.98. The number of hydrogen-bond donors (Lipinski definition) is 1. The van der Waals surface area contributed by atoms with Gasteiger partial charge in [-0.05, 0) is 67.2 Å². The van der Waals surface area contributed by atoms with Crippen molar-refractivity contribution in [2.45, 2.75) is 13.5 Å². The summed E-state index contributed by atoms with van der Waals surface area (Å²) in [6.07, 6.45) is 1.77. The van der Waals surface area contributed by atoms with Crippen LogP contribution in [0.3, 0.4) is 0 Å². The second-order valence-corrected chi connectivity index (χ2v) is 6.67. The highest BCUT2D eigenvalue weighted by atomic mass is 35.5. The van der Waals surface area contributed by atoms with E-state index >= 15 is 0 Å². The lowest BCUT2D eigenvalue weighted by Crippen LogP contribution is -2.30. The predicted octanol–water partition coefficient (Wildman–Crippen LogP) is 4.01. The van der Waals surface area contributed by atoms with Crippen LogP contribution in [0.2, 0.25) is 5.02 Å². The van der Waals surface area contributed by atoms with Crippen LogP contribution in [0.15, 0.2) is 48.2 Å². The maximum Gasteiger partial charge on any atom is 0.276 e. The smallest absolute Gasteiger partial charge is 0.276 e. The number of rotatable bonds is 6. The van der Waals surface area contributed by atoms with E-state index in [1.807, 2.05) is 37.3 Å². The summed E-state index contributed by atoms with van der Waals surface area (Å²) in [5.74, 6) is 1.29. The van der Waals surface area contributed by atoms with E-state index in [-0.39, 0.29) is 5.91 Å². The van der Waals surface area contributed by atoms with Crippen LogP contribution < -0.4 is 14.8 Å². The van der Waals surface area contributed by atoms with Gasteiger partial charge in [-0.15, -0.1) is 0 Å². The van der Waals surface area contributed by atoms with E-state index in [1.54, 1.807) is 25.3 Å². The molecule has 2 aromatic rings. The lowest BCUT2D eigenvalue weighted by atomic mass is 10.1. The number of thiocarbonyl (C=S) groups is 1. The van der Waals surface area contributed by atoms with Crippen molar-refractivity contribution < 1.29 is 14.3 Å². The third kappa shape index (κ3) is 4.40. The van der Waals surface area contributed by atoms with Crippen molar-refractivity contribution in [3.63, 3.8) is 0 Å². The van der Waals surface area contributed by atoms with Crippen molar-refractivity contribution in [2.24, 2.45) is 0 Å². The highest BCUT2D eigenvalue weighted by Crippen LogP contribution is 2.24. The third-order valence-electron chi connectivity index (χ3n) is 4.10. The molecule has 140 valence electrons. The molecule has 1 aliphatic heterocycles. The van der Waals surface area contributed by atoms with Gasteiger partial charge in [0.2, 0.25) is 0 Å². The van der Waals surface area contributed by atoms with Crippen molar-refractivity contribution in [3.8, 4) is 11.5 Å². The molecular weight excluding hydrogens is 384 g/mol. The molecule has 5 nitrogen and oxygen atoms in total. The lowest BCUT2D eigenvalue weighted by molar-refractivity contribution is -0.122. The first kappa shape index (κ1) is 19.2. The van der Waals surface area contributed by atoms with Gasteiger partial charge < -0.3 is 14.8 Å². The molecule has 0 atom stereocenters. The molecule has 27 heavy (non-hydrogen) atoms. The normalized spacial score (nSPS) is 15.2. The lowest BCUT2D eigenvalue weighted by Gasteiger charge is -2.11. The molecule has 1 aliphatic rings.